The topological polar surface area (TPSA) is 30.3 Å². The Kier molecular flexibility index (Phi) is 5.49. The third-order valence-electron chi connectivity index (χ3n) is 4.04. The van der Waals surface area contributed by atoms with Crippen LogP contribution < -0.4 is 4.74 Å². The lowest BCUT2D eigenvalue weighted by Crippen LogP contribution is -2.13. The van der Waals surface area contributed by atoms with Crippen LogP contribution in [0.5, 0.6) is 5.88 Å². The molecule has 4 nitrogen and oxygen atoms in total. The van der Waals surface area contributed by atoms with E-state index in [9.17, 15) is 0 Å². The van der Waals surface area contributed by atoms with Crippen molar-refractivity contribution < 1.29 is 4.74 Å². The predicted molar refractivity (Wildman–Crippen MR) is 98.6 cm³/mol. The van der Waals surface area contributed by atoms with Crippen LogP contribution in [0.3, 0.4) is 0 Å². The molecule has 0 saturated carbocycles. The molecule has 3 rings (SSSR count). The molecule has 0 bridgehead atoms. The number of nitrogens with zero attached hydrogens (tertiary/aromatic N) is 3. The molecule has 4 heteroatoms. The first-order valence-corrected chi connectivity index (χ1v) is 8.51. The number of aromatic nitrogens is 2. The average Bonchev–Trinajstić information content (AvgIpc) is 2.93. The van der Waals surface area contributed by atoms with Crippen molar-refractivity contribution in [2.75, 3.05) is 27.2 Å². The number of hydrogen-bond acceptors (Lipinski definition) is 3. The molecule has 0 amide bonds. The fourth-order valence-corrected chi connectivity index (χ4v) is 2.78. The summed E-state index contributed by atoms with van der Waals surface area (Å²) in [5.74, 6) is 0.742. The molecule has 24 heavy (non-hydrogen) atoms. The molecule has 0 spiro atoms. The van der Waals surface area contributed by atoms with E-state index < -0.39 is 0 Å². The van der Waals surface area contributed by atoms with E-state index in [2.05, 4.69) is 55.4 Å². The Morgan fingerprint density at radius 1 is 0.958 bits per heavy atom. The minimum atomic E-state index is 0.709. The van der Waals surface area contributed by atoms with E-state index in [0.717, 1.165) is 42.7 Å². The van der Waals surface area contributed by atoms with Crippen LogP contribution in [0.1, 0.15) is 18.4 Å². The SMILES string of the molecule is CN(C)CCCCOc1nn(Cc2ccccc2)c2ccccc12. The zero-order valence-corrected chi connectivity index (χ0v) is 14.5. The van der Waals surface area contributed by atoms with E-state index in [4.69, 9.17) is 9.84 Å². The van der Waals surface area contributed by atoms with Gasteiger partial charge < -0.3 is 9.64 Å². The zero-order valence-electron chi connectivity index (χ0n) is 14.5. The molecule has 2 aromatic carbocycles. The molecule has 1 heterocycles. The van der Waals surface area contributed by atoms with E-state index >= 15 is 0 Å². The molecule has 0 N–H and O–H groups in total. The summed E-state index contributed by atoms with van der Waals surface area (Å²) >= 11 is 0. The summed E-state index contributed by atoms with van der Waals surface area (Å²) in [6.07, 6.45) is 2.17. The van der Waals surface area contributed by atoms with Crippen LogP contribution in [0.15, 0.2) is 54.6 Å². The molecule has 0 fully saturated rings. The summed E-state index contributed by atoms with van der Waals surface area (Å²) < 4.78 is 8.00. The highest BCUT2D eigenvalue weighted by atomic mass is 16.5. The summed E-state index contributed by atoms with van der Waals surface area (Å²) in [7, 11) is 4.19. The highest BCUT2D eigenvalue weighted by Crippen LogP contribution is 2.25. The van der Waals surface area contributed by atoms with Crippen LogP contribution in [0, 0.1) is 0 Å². The van der Waals surface area contributed by atoms with Crippen molar-refractivity contribution in [2.24, 2.45) is 0 Å². The second-order valence-corrected chi connectivity index (χ2v) is 6.32. The number of benzene rings is 2. The van der Waals surface area contributed by atoms with Gasteiger partial charge in [-0.1, -0.05) is 42.5 Å². The van der Waals surface area contributed by atoms with Gasteiger partial charge in [0.1, 0.15) is 0 Å². The third kappa shape index (κ3) is 4.15. The molecule has 0 aliphatic heterocycles. The molecular formula is C20H25N3O. The monoisotopic (exact) mass is 323 g/mol. The van der Waals surface area contributed by atoms with Crippen LogP contribution in [-0.2, 0) is 6.54 Å². The largest absolute Gasteiger partial charge is 0.476 e. The Morgan fingerprint density at radius 3 is 2.50 bits per heavy atom. The van der Waals surface area contributed by atoms with Gasteiger partial charge in [-0.15, -0.1) is 5.10 Å². The van der Waals surface area contributed by atoms with Gasteiger partial charge in [0.25, 0.3) is 0 Å². The van der Waals surface area contributed by atoms with E-state index in [1.165, 1.54) is 5.56 Å². The maximum atomic E-state index is 5.97. The molecule has 0 aliphatic rings. The van der Waals surface area contributed by atoms with Crippen molar-refractivity contribution in [3.05, 3.63) is 60.2 Å². The number of hydrogen-bond donors (Lipinski definition) is 0. The third-order valence-corrected chi connectivity index (χ3v) is 4.04. The average molecular weight is 323 g/mol. The standard InChI is InChI=1S/C20H25N3O/c1-22(2)14-8-9-15-24-20-18-12-6-7-13-19(18)23(21-20)16-17-10-4-3-5-11-17/h3-7,10-13H,8-9,14-16H2,1-2H3. The van der Waals surface area contributed by atoms with E-state index in [1.807, 2.05) is 22.9 Å². The summed E-state index contributed by atoms with van der Waals surface area (Å²) in [6, 6.07) is 18.7. The maximum Gasteiger partial charge on any atom is 0.240 e. The lowest BCUT2D eigenvalue weighted by molar-refractivity contribution is 0.283. The molecule has 0 unspecified atom stereocenters. The highest BCUT2D eigenvalue weighted by molar-refractivity contribution is 5.84. The Bertz CT molecular complexity index is 765. The van der Waals surface area contributed by atoms with Crippen molar-refractivity contribution in [3.8, 4) is 5.88 Å². The van der Waals surface area contributed by atoms with Crippen molar-refractivity contribution in [2.45, 2.75) is 19.4 Å². The van der Waals surface area contributed by atoms with Gasteiger partial charge in [0.05, 0.1) is 24.1 Å². The highest BCUT2D eigenvalue weighted by Gasteiger charge is 2.11. The summed E-state index contributed by atoms with van der Waals surface area (Å²) in [5.41, 5.74) is 2.35. The van der Waals surface area contributed by atoms with Gasteiger partial charge in [0.15, 0.2) is 0 Å². The Hall–Kier alpha value is -2.33. The van der Waals surface area contributed by atoms with Gasteiger partial charge in [-0.3, -0.25) is 4.68 Å². The van der Waals surface area contributed by atoms with Crippen LogP contribution in [0.4, 0.5) is 0 Å². The quantitative estimate of drug-likeness (QED) is 0.591. The molecular weight excluding hydrogens is 298 g/mol. The van der Waals surface area contributed by atoms with Crippen LogP contribution >= 0.6 is 0 Å². The maximum absolute atomic E-state index is 5.97. The van der Waals surface area contributed by atoms with Gasteiger partial charge in [-0.05, 0) is 51.2 Å². The smallest absolute Gasteiger partial charge is 0.240 e. The number of para-hydroxylation sites is 1. The fourth-order valence-electron chi connectivity index (χ4n) is 2.78. The lowest BCUT2D eigenvalue weighted by Gasteiger charge is -2.08. The normalized spacial score (nSPS) is 11.3. The van der Waals surface area contributed by atoms with Crippen molar-refractivity contribution in [3.63, 3.8) is 0 Å². The fraction of sp³-hybridized carbons (Fsp3) is 0.350. The first kappa shape index (κ1) is 16.5. The zero-order chi connectivity index (χ0) is 16.8. The molecule has 1 aromatic heterocycles. The second kappa shape index (κ2) is 7.97. The van der Waals surface area contributed by atoms with Gasteiger partial charge in [0.2, 0.25) is 5.88 Å². The van der Waals surface area contributed by atoms with Gasteiger partial charge in [-0.25, -0.2) is 0 Å². The number of ether oxygens (including phenoxy) is 1. The summed E-state index contributed by atoms with van der Waals surface area (Å²) in [6.45, 7) is 2.55. The van der Waals surface area contributed by atoms with Gasteiger partial charge in [0, 0.05) is 0 Å². The van der Waals surface area contributed by atoms with Gasteiger partial charge >= 0.3 is 0 Å². The Labute approximate surface area is 143 Å². The van der Waals surface area contributed by atoms with Crippen LogP contribution in [0.25, 0.3) is 10.9 Å². The first-order chi connectivity index (χ1) is 11.7. The summed E-state index contributed by atoms with van der Waals surface area (Å²) in [5, 5.41) is 5.79. The molecule has 0 radical (unpaired) electrons. The van der Waals surface area contributed by atoms with E-state index in [-0.39, 0.29) is 0 Å². The van der Waals surface area contributed by atoms with Crippen LogP contribution in [-0.4, -0.2) is 41.9 Å². The number of fused-ring (bicyclic) bond motifs is 1. The molecule has 0 saturated heterocycles. The molecule has 0 atom stereocenters. The van der Waals surface area contributed by atoms with E-state index in [0.29, 0.717) is 6.61 Å². The lowest BCUT2D eigenvalue weighted by atomic mass is 10.2. The Morgan fingerprint density at radius 2 is 1.71 bits per heavy atom. The second-order valence-electron chi connectivity index (χ2n) is 6.32. The van der Waals surface area contributed by atoms with Crippen molar-refractivity contribution >= 4 is 10.9 Å². The van der Waals surface area contributed by atoms with Gasteiger partial charge in [-0.2, -0.15) is 0 Å². The predicted octanol–water partition coefficient (Wildman–Crippen LogP) is 3.81. The van der Waals surface area contributed by atoms with Crippen LogP contribution in [0.2, 0.25) is 0 Å². The molecule has 126 valence electrons. The Balaban J connectivity index is 1.72. The minimum absolute atomic E-state index is 0.709. The molecule has 3 aromatic rings. The van der Waals surface area contributed by atoms with Crippen molar-refractivity contribution in [1.82, 2.24) is 14.7 Å². The van der Waals surface area contributed by atoms with E-state index in [1.54, 1.807) is 0 Å². The first-order valence-electron chi connectivity index (χ1n) is 8.51. The van der Waals surface area contributed by atoms with Crippen molar-refractivity contribution in [1.29, 1.82) is 0 Å². The minimum Gasteiger partial charge on any atom is -0.476 e. The molecule has 0 aliphatic carbocycles. The summed E-state index contributed by atoms with van der Waals surface area (Å²) in [4.78, 5) is 2.20. The number of rotatable bonds is 8. The number of unbranched alkanes of at least 4 members (excludes halogenated alkanes) is 1.